The first kappa shape index (κ1) is 13.4. The number of alkyl halides is 3. The van der Waals surface area contributed by atoms with Crippen LogP contribution in [0, 0.1) is 10.6 Å². The Morgan fingerprint density at radius 2 is 1.83 bits per heavy atom. The van der Waals surface area contributed by atoms with Gasteiger partial charge in [-0.05, 0) is 47.2 Å². The zero-order valence-corrected chi connectivity index (χ0v) is 11.7. The number of halogens is 4. The summed E-state index contributed by atoms with van der Waals surface area (Å²) in [6.45, 7) is 2.42. The molecule has 96 valence electrons. The Morgan fingerprint density at radius 1 is 1.22 bits per heavy atom. The van der Waals surface area contributed by atoms with Crippen molar-refractivity contribution in [2.45, 2.75) is 19.6 Å². The minimum atomic E-state index is -4.28. The van der Waals surface area contributed by atoms with Crippen molar-refractivity contribution in [2.24, 2.45) is 0 Å². The first-order chi connectivity index (χ1) is 8.36. The SMILES string of the molecule is Cc1cn(Cc2ccc(C(F)(F)F)cc2)nc1I. The molecule has 0 bridgehead atoms. The van der Waals surface area contributed by atoms with E-state index in [1.807, 2.05) is 13.1 Å². The molecule has 0 fully saturated rings. The van der Waals surface area contributed by atoms with Crippen molar-refractivity contribution in [3.8, 4) is 0 Å². The average molecular weight is 366 g/mol. The Hall–Kier alpha value is -1.05. The van der Waals surface area contributed by atoms with Gasteiger partial charge in [-0.2, -0.15) is 18.3 Å². The van der Waals surface area contributed by atoms with Crippen molar-refractivity contribution >= 4 is 22.6 Å². The zero-order valence-electron chi connectivity index (χ0n) is 9.50. The molecule has 0 aliphatic carbocycles. The Bertz CT molecular complexity index is 524. The number of rotatable bonds is 2. The second-order valence-corrected chi connectivity index (χ2v) is 5.02. The van der Waals surface area contributed by atoms with Crippen LogP contribution in [0.5, 0.6) is 0 Å². The lowest BCUT2D eigenvalue weighted by Gasteiger charge is -2.07. The summed E-state index contributed by atoms with van der Waals surface area (Å²) in [6.07, 6.45) is -2.41. The number of aryl methyl sites for hydroxylation is 1. The van der Waals surface area contributed by atoms with Crippen LogP contribution in [0.15, 0.2) is 30.5 Å². The molecule has 0 saturated carbocycles. The van der Waals surface area contributed by atoms with Crippen molar-refractivity contribution in [1.29, 1.82) is 0 Å². The maximum Gasteiger partial charge on any atom is 0.416 e. The van der Waals surface area contributed by atoms with Gasteiger partial charge < -0.3 is 0 Å². The van der Waals surface area contributed by atoms with E-state index in [4.69, 9.17) is 0 Å². The number of nitrogens with zero attached hydrogens (tertiary/aromatic N) is 2. The van der Waals surface area contributed by atoms with E-state index >= 15 is 0 Å². The number of aromatic nitrogens is 2. The van der Waals surface area contributed by atoms with Gasteiger partial charge in [-0.25, -0.2) is 0 Å². The van der Waals surface area contributed by atoms with E-state index < -0.39 is 11.7 Å². The molecule has 2 rings (SSSR count). The normalized spacial score (nSPS) is 11.8. The van der Waals surface area contributed by atoms with Crippen molar-refractivity contribution in [1.82, 2.24) is 9.78 Å². The summed E-state index contributed by atoms with van der Waals surface area (Å²) in [5.74, 6) is 0. The van der Waals surface area contributed by atoms with E-state index in [9.17, 15) is 13.2 Å². The number of hydrogen-bond donors (Lipinski definition) is 0. The lowest BCUT2D eigenvalue weighted by atomic mass is 10.1. The van der Waals surface area contributed by atoms with Gasteiger partial charge in [0.2, 0.25) is 0 Å². The lowest BCUT2D eigenvalue weighted by molar-refractivity contribution is -0.137. The molecule has 0 aliphatic rings. The van der Waals surface area contributed by atoms with Gasteiger partial charge >= 0.3 is 6.18 Å². The highest BCUT2D eigenvalue weighted by molar-refractivity contribution is 14.1. The highest BCUT2D eigenvalue weighted by Gasteiger charge is 2.29. The zero-order chi connectivity index (χ0) is 13.3. The average Bonchev–Trinajstić information content (AvgIpc) is 2.57. The van der Waals surface area contributed by atoms with Crippen LogP contribution in [0.2, 0.25) is 0 Å². The van der Waals surface area contributed by atoms with Crippen LogP contribution < -0.4 is 0 Å². The van der Waals surface area contributed by atoms with Gasteiger partial charge in [0.25, 0.3) is 0 Å². The van der Waals surface area contributed by atoms with Crippen molar-refractivity contribution < 1.29 is 13.2 Å². The van der Waals surface area contributed by atoms with Crippen LogP contribution in [-0.4, -0.2) is 9.78 Å². The third-order valence-corrected chi connectivity index (χ3v) is 3.58. The summed E-state index contributed by atoms with van der Waals surface area (Å²) in [5.41, 5.74) is 1.22. The van der Waals surface area contributed by atoms with Crippen LogP contribution in [-0.2, 0) is 12.7 Å². The predicted octanol–water partition coefficient (Wildman–Crippen LogP) is 3.86. The third-order valence-electron chi connectivity index (χ3n) is 2.51. The summed E-state index contributed by atoms with van der Waals surface area (Å²) in [6, 6.07) is 5.15. The summed E-state index contributed by atoms with van der Waals surface area (Å²) >= 11 is 2.12. The molecular weight excluding hydrogens is 356 g/mol. The van der Waals surface area contributed by atoms with E-state index in [-0.39, 0.29) is 0 Å². The van der Waals surface area contributed by atoms with Gasteiger partial charge in [-0.1, -0.05) is 12.1 Å². The van der Waals surface area contributed by atoms with Crippen LogP contribution in [0.1, 0.15) is 16.7 Å². The molecule has 0 amide bonds. The Kier molecular flexibility index (Phi) is 3.65. The van der Waals surface area contributed by atoms with E-state index in [0.717, 1.165) is 27.0 Å². The predicted molar refractivity (Wildman–Crippen MR) is 70.2 cm³/mol. The fourth-order valence-electron chi connectivity index (χ4n) is 1.56. The van der Waals surface area contributed by atoms with E-state index in [1.165, 1.54) is 12.1 Å². The van der Waals surface area contributed by atoms with Crippen LogP contribution in [0.4, 0.5) is 13.2 Å². The largest absolute Gasteiger partial charge is 0.416 e. The molecule has 0 saturated heterocycles. The Labute approximate surface area is 116 Å². The number of benzene rings is 1. The topological polar surface area (TPSA) is 17.8 Å². The smallest absolute Gasteiger partial charge is 0.267 e. The highest BCUT2D eigenvalue weighted by Crippen LogP contribution is 2.29. The first-order valence-electron chi connectivity index (χ1n) is 5.22. The molecule has 18 heavy (non-hydrogen) atoms. The van der Waals surface area contributed by atoms with Gasteiger partial charge in [0.1, 0.15) is 3.70 Å². The standard InChI is InChI=1S/C12H10F3IN2/c1-8-6-18(17-11(8)16)7-9-2-4-10(5-3-9)12(13,14)15/h2-6H,7H2,1H3. The highest BCUT2D eigenvalue weighted by atomic mass is 127. The fourth-order valence-corrected chi connectivity index (χ4v) is 1.98. The van der Waals surface area contributed by atoms with Crippen molar-refractivity contribution in [3.05, 3.63) is 50.9 Å². The monoisotopic (exact) mass is 366 g/mol. The molecule has 2 nitrogen and oxygen atoms in total. The molecule has 1 heterocycles. The van der Waals surface area contributed by atoms with E-state index in [1.54, 1.807) is 4.68 Å². The second-order valence-electron chi connectivity index (χ2n) is 4.00. The van der Waals surface area contributed by atoms with Crippen LogP contribution >= 0.6 is 22.6 Å². The first-order valence-corrected chi connectivity index (χ1v) is 6.30. The Morgan fingerprint density at radius 3 is 2.28 bits per heavy atom. The molecular formula is C12H10F3IN2. The van der Waals surface area contributed by atoms with Gasteiger partial charge in [-0.3, -0.25) is 4.68 Å². The Balaban J connectivity index is 2.16. The quantitative estimate of drug-likeness (QED) is 0.739. The molecule has 0 unspecified atom stereocenters. The minimum absolute atomic E-state index is 0.474. The molecule has 2 aromatic rings. The van der Waals surface area contributed by atoms with Crippen molar-refractivity contribution in [3.63, 3.8) is 0 Å². The second kappa shape index (κ2) is 4.91. The van der Waals surface area contributed by atoms with Crippen LogP contribution in [0.3, 0.4) is 0 Å². The fraction of sp³-hybridized carbons (Fsp3) is 0.250. The lowest BCUT2D eigenvalue weighted by Crippen LogP contribution is -2.05. The van der Waals surface area contributed by atoms with Crippen molar-refractivity contribution in [2.75, 3.05) is 0 Å². The van der Waals surface area contributed by atoms with Gasteiger partial charge in [0.15, 0.2) is 0 Å². The molecule has 1 aromatic heterocycles. The maximum absolute atomic E-state index is 12.4. The van der Waals surface area contributed by atoms with E-state index in [0.29, 0.717) is 6.54 Å². The maximum atomic E-state index is 12.4. The molecule has 0 N–H and O–H groups in total. The molecule has 0 atom stereocenters. The molecule has 0 spiro atoms. The summed E-state index contributed by atoms with van der Waals surface area (Å²) in [7, 11) is 0. The summed E-state index contributed by atoms with van der Waals surface area (Å²) in [4.78, 5) is 0. The third kappa shape index (κ3) is 3.04. The van der Waals surface area contributed by atoms with E-state index in [2.05, 4.69) is 27.7 Å². The molecule has 1 aromatic carbocycles. The minimum Gasteiger partial charge on any atom is -0.267 e. The summed E-state index contributed by atoms with van der Waals surface area (Å²) in [5, 5.41) is 4.26. The summed E-state index contributed by atoms with van der Waals surface area (Å²) < 4.78 is 39.8. The molecule has 0 aliphatic heterocycles. The van der Waals surface area contributed by atoms with Crippen LogP contribution in [0.25, 0.3) is 0 Å². The molecule has 0 radical (unpaired) electrons. The van der Waals surface area contributed by atoms with Gasteiger partial charge in [-0.15, -0.1) is 0 Å². The van der Waals surface area contributed by atoms with Gasteiger partial charge in [0.05, 0.1) is 12.1 Å². The number of hydrogen-bond acceptors (Lipinski definition) is 1. The van der Waals surface area contributed by atoms with Gasteiger partial charge in [0, 0.05) is 11.8 Å². The molecule has 6 heteroatoms.